The van der Waals surface area contributed by atoms with Crippen LogP contribution >= 0.6 is 0 Å². The average molecular weight is 220 g/mol. The van der Waals surface area contributed by atoms with E-state index >= 15 is 0 Å². The Morgan fingerprint density at radius 1 is 1.31 bits per heavy atom. The molecule has 0 saturated heterocycles. The van der Waals surface area contributed by atoms with Crippen molar-refractivity contribution in [3.05, 3.63) is 11.6 Å². The standard InChI is InChI=1S/C16H28/c1-5-13(6-2)7-8-14-11-16(14,4)15-9-12(3)10-15/h8,12-13,15H,5-7,9-11H2,1-4H3. The fraction of sp³-hybridized carbons (Fsp3) is 0.875. The monoisotopic (exact) mass is 220 g/mol. The number of hydrogen-bond donors (Lipinski definition) is 0. The van der Waals surface area contributed by atoms with Crippen LogP contribution in [0.2, 0.25) is 0 Å². The molecule has 0 radical (unpaired) electrons. The highest BCUT2D eigenvalue weighted by molar-refractivity contribution is 5.33. The van der Waals surface area contributed by atoms with Gasteiger partial charge in [0.15, 0.2) is 0 Å². The maximum atomic E-state index is 2.58. The van der Waals surface area contributed by atoms with E-state index in [4.69, 9.17) is 0 Å². The molecule has 2 saturated carbocycles. The Labute approximate surface area is 102 Å². The Bertz CT molecular complexity index is 266. The molecule has 0 N–H and O–H groups in total. The summed E-state index contributed by atoms with van der Waals surface area (Å²) in [5.74, 6) is 2.95. The molecule has 92 valence electrons. The summed E-state index contributed by atoms with van der Waals surface area (Å²) in [6.45, 7) is 9.55. The van der Waals surface area contributed by atoms with E-state index in [9.17, 15) is 0 Å². The molecular formula is C16H28. The van der Waals surface area contributed by atoms with E-state index in [1.54, 1.807) is 5.57 Å². The van der Waals surface area contributed by atoms with Crippen molar-refractivity contribution >= 4 is 0 Å². The largest absolute Gasteiger partial charge is 0.0845 e. The van der Waals surface area contributed by atoms with Crippen LogP contribution in [0.5, 0.6) is 0 Å². The SMILES string of the molecule is CCC(CC)CC=C1CC1(C)C1CC(C)C1. The third-order valence-corrected chi connectivity index (χ3v) is 5.29. The predicted molar refractivity (Wildman–Crippen MR) is 71.4 cm³/mol. The summed E-state index contributed by atoms with van der Waals surface area (Å²) in [6, 6.07) is 0. The van der Waals surface area contributed by atoms with Crippen molar-refractivity contribution in [3.63, 3.8) is 0 Å². The summed E-state index contributed by atoms with van der Waals surface area (Å²) < 4.78 is 0. The molecule has 2 aliphatic carbocycles. The van der Waals surface area contributed by atoms with Gasteiger partial charge in [-0.2, -0.15) is 0 Å². The molecular weight excluding hydrogens is 192 g/mol. The van der Waals surface area contributed by atoms with Crippen molar-refractivity contribution in [2.24, 2.45) is 23.2 Å². The third kappa shape index (κ3) is 2.21. The van der Waals surface area contributed by atoms with Gasteiger partial charge in [0, 0.05) is 0 Å². The Kier molecular flexibility index (Phi) is 3.47. The van der Waals surface area contributed by atoms with Crippen molar-refractivity contribution in [1.29, 1.82) is 0 Å². The molecule has 0 heterocycles. The first-order valence-electron chi connectivity index (χ1n) is 7.29. The minimum atomic E-state index is 0.637. The van der Waals surface area contributed by atoms with E-state index in [0.29, 0.717) is 5.41 Å². The fourth-order valence-electron chi connectivity index (χ4n) is 3.42. The Balaban J connectivity index is 1.82. The zero-order valence-electron chi connectivity index (χ0n) is 11.6. The minimum Gasteiger partial charge on any atom is -0.0845 e. The Morgan fingerprint density at radius 2 is 1.94 bits per heavy atom. The molecule has 0 spiro atoms. The van der Waals surface area contributed by atoms with E-state index in [1.807, 2.05) is 0 Å². The Hall–Kier alpha value is -0.260. The third-order valence-electron chi connectivity index (χ3n) is 5.29. The van der Waals surface area contributed by atoms with Crippen molar-refractivity contribution in [1.82, 2.24) is 0 Å². The van der Waals surface area contributed by atoms with E-state index in [-0.39, 0.29) is 0 Å². The summed E-state index contributed by atoms with van der Waals surface area (Å²) in [6.07, 6.45) is 11.0. The zero-order valence-corrected chi connectivity index (χ0v) is 11.6. The van der Waals surface area contributed by atoms with Gasteiger partial charge in [-0.05, 0) is 48.9 Å². The molecule has 0 aliphatic heterocycles. The first-order chi connectivity index (χ1) is 7.60. The average Bonchev–Trinajstić information content (AvgIpc) is 2.88. The topological polar surface area (TPSA) is 0 Å². The van der Waals surface area contributed by atoms with Gasteiger partial charge in [-0.3, -0.25) is 0 Å². The zero-order chi connectivity index (χ0) is 11.8. The summed E-state index contributed by atoms with van der Waals surface area (Å²) in [7, 11) is 0. The van der Waals surface area contributed by atoms with E-state index < -0.39 is 0 Å². The van der Waals surface area contributed by atoms with Crippen molar-refractivity contribution in [2.75, 3.05) is 0 Å². The molecule has 0 aromatic heterocycles. The molecule has 16 heavy (non-hydrogen) atoms. The van der Waals surface area contributed by atoms with E-state index in [0.717, 1.165) is 17.8 Å². The lowest BCUT2D eigenvalue weighted by Gasteiger charge is -2.37. The van der Waals surface area contributed by atoms with Crippen LogP contribution in [0.1, 0.15) is 66.2 Å². The molecule has 0 heteroatoms. The second-order valence-electron chi connectivity index (χ2n) is 6.52. The molecule has 2 rings (SSSR count). The van der Waals surface area contributed by atoms with Crippen LogP contribution in [0, 0.1) is 23.2 Å². The predicted octanol–water partition coefficient (Wildman–Crippen LogP) is 5.20. The lowest BCUT2D eigenvalue weighted by atomic mass is 9.68. The highest BCUT2D eigenvalue weighted by Crippen LogP contribution is 2.63. The second kappa shape index (κ2) is 4.55. The first-order valence-corrected chi connectivity index (χ1v) is 7.29. The molecule has 1 atom stereocenters. The fourth-order valence-corrected chi connectivity index (χ4v) is 3.42. The minimum absolute atomic E-state index is 0.637. The molecule has 0 aromatic rings. The maximum absolute atomic E-state index is 2.58. The molecule has 2 fully saturated rings. The molecule has 1 unspecified atom stereocenters. The summed E-state index contributed by atoms with van der Waals surface area (Å²) in [5, 5.41) is 0. The molecule has 2 aliphatic rings. The van der Waals surface area contributed by atoms with Gasteiger partial charge >= 0.3 is 0 Å². The van der Waals surface area contributed by atoms with Crippen molar-refractivity contribution in [3.8, 4) is 0 Å². The highest BCUT2D eigenvalue weighted by atomic mass is 14.6. The van der Waals surface area contributed by atoms with Crippen LogP contribution in [-0.4, -0.2) is 0 Å². The molecule has 0 nitrogen and oxygen atoms in total. The lowest BCUT2D eigenvalue weighted by Crippen LogP contribution is -2.28. The van der Waals surface area contributed by atoms with Crippen LogP contribution in [0.3, 0.4) is 0 Å². The normalized spacial score (nSPS) is 40.2. The van der Waals surface area contributed by atoms with Gasteiger partial charge < -0.3 is 0 Å². The quantitative estimate of drug-likeness (QED) is 0.559. The van der Waals surface area contributed by atoms with Crippen molar-refractivity contribution in [2.45, 2.75) is 66.2 Å². The van der Waals surface area contributed by atoms with Gasteiger partial charge in [0.05, 0.1) is 0 Å². The van der Waals surface area contributed by atoms with Crippen LogP contribution in [-0.2, 0) is 0 Å². The van der Waals surface area contributed by atoms with Gasteiger partial charge in [0.2, 0.25) is 0 Å². The highest BCUT2D eigenvalue weighted by Gasteiger charge is 2.52. The van der Waals surface area contributed by atoms with Gasteiger partial charge in [-0.25, -0.2) is 0 Å². The first kappa shape index (κ1) is 12.2. The number of rotatable bonds is 5. The molecule has 0 amide bonds. The molecule has 0 aromatic carbocycles. The van der Waals surface area contributed by atoms with Gasteiger partial charge in [0.25, 0.3) is 0 Å². The summed E-state index contributed by atoms with van der Waals surface area (Å²) >= 11 is 0. The summed E-state index contributed by atoms with van der Waals surface area (Å²) in [5.41, 5.74) is 2.43. The lowest BCUT2D eigenvalue weighted by molar-refractivity contribution is 0.139. The van der Waals surface area contributed by atoms with E-state index in [2.05, 4.69) is 33.8 Å². The van der Waals surface area contributed by atoms with Crippen LogP contribution in [0.25, 0.3) is 0 Å². The van der Waals surface area contributed by atoms with Gasteiger partial charge in [-0.1, -0.05) is 52.2 Å². The smallest absolute Gasteiger partial charge is 0.00503 e. The van der Waals surface area contributed by atoms with E-state index in [1.165, 1.54) is 38.5 Å². The molecule has 0 bridgehead atoms. The summed E-state index contributed by atoms with van der Waals surface area (Å²) in [4.78, 5) is 0. The Morgan fingerprint density at radius 3 is 2.44 bits per heavy atom. The van der Waals surface area contributed by atoms with Crippen LogP contribution in [0.4, 0.5) is 0 Å². The van der Waals surface area contributed by atoms with Gasteiger partial charge in [-0.15, -0.1) is 0 Å². The van der Waals surface area contributed by atoms with Crippen molar-refractivity contribution < 1.29 is 0 Å². The number of allylic oxidation sites excluding steroid dienone is 2. The van der Waals surface area contributed by atoms with Crippen LogP contribution in [0.15, 0.2) is 11.6 Å². The second-order valence-corrected chi connectivity index (χ2v) is 6.52. The maximum Gasteiger partial charge on any atom is -0.00503 e. The van der Waals surface area contributed by atoms with Gasteiger partial charge in [0.1, 0.15) is 0 Å². The van der Waals surface area contributed by atoms with Crippen LogP contribution < -0.4 is 0 Å². The number of hydrogen-bond acceptors (Lipinski definition) is 0.